The summed E-state index contributed by atoms with van der Waals surface area (Å²) in [5, 5.41) is 21.1. The Morgan fingerprint density at radius 3 is 2.35 bits per heavy atom. The van der Waals surface area contributed by atoms with Crippen molar-refractivity contribution in [1.82, 2.24) is 0 Å². The number of halogens is 3. The lowest BCUT2D eigenvalue weighted by molar-refractivity contribution is -0.384. The highest BCUT2D eigenvalue weighted by Crippen LogP contribution is 2.37. The van der Waals surface area contributed by atoms with Gasteiger partial charge in [0.05, 0.1) is 16.1 Å². The monoisotopic (exact) mass is 362 g/mol. The molecule has 3 rings (SSSR count). The van der Waals surface area contributed by atoms with Gasteiger partial charge in [-0.2, -0.15) is 13.2 Å². The zero-order valence-electron chi connectivity index (χ0n) is 12.8. The summed E-state index contributed by atoms with van der Waals surface area (Å²) in [5.41, 5.74) is -2.12. The summed E-state index contributed by atoms with van der Waals surface area (Å²) >= 11 is 0. The molecule has 6 nitrogen and oxygen atoms in total. The lowest BCUT2D eigenvalue weighted by Gasteiger charge is -2.07. The van der Waals surface area contributed by atoms with Crippen molar-refractivity contribution in [3.63, 3.8) is 0 Å². The van der Waals surface area contributed by atoms with Crippen molar-refractivity contribution in [1.29, 1.82) is 0 Å². The number of aliphatic hydroxyl groups excluding tert-OH is 1. The standard InChI is InChI=1S/C17H9F3N2O4/c18-17(19,20)9-5-6-14(22(25)26)13(7-9)21-8-12-15(23)10-3-1-2-4-11(10)16(12)24/h1-8,23H. The Morgan fingerprint density at radius 1 is 1.12 bits per heavy atom. The van der Waals surface area contributed by atoms with E-state index in [1.807, 2.05) is 0 Å². The summed E-state index contributed by atoms with van der Waals surface area (Å²) in [7, 11) is 0. The first kappa shape index (κ1) is 17.3. The average molecular weight is 362 g/mol. The van der Waals surface area contributed by atoms with E-state index in [4.69, 9.17) is 0 Å². The number of nitro benzene ring substituents is 1. The van der Waals surface area contributed by atoms with E-state index in [-0.39, 0.29) is 22.5 Å². The van der Waals surface area contributed by atoms with E-state index >= 15 is 0 Å². The first-order valence-electron chi connectivity index (χ1n) is 7.17. The number of carbonyl (C=O) groups is 1. The maximum absolute atomic E-state index is 12.8. The number of Topliss-reactive ketones (excluding diaryl/α,β-unsaturated/α-hetero) is 1. The Labute approximate surface area is 144 Å². The molecule has 132 valence electrons. The van der Waals surface area contributed by atoms with Crippen LogP contribution in [-0.2, 0) is 6.18 Å². The number of allylic oxidation sites excluding steroid dienone is 1. The second-order valence-electron chi connectivity index (χ2n) is 5.35. The molecule has 2 aromatic rings. The third-order valence-corrected chi connectivity index (χ3v) is 3.76. The molecule has 2 aromatic carbocycles. The molecule has 0 aliphatic heterocycles. The van der Waals surface area contributed by atoms with Gasteiger partial charge in [-0.15, -0.1) is 0 Å². The van der Waals surface area contributed by atoms with Crippen LogP contribution in [0.1, 0.15) is 21.5 Å². The lowest BCUT2D eigenvalue weighted by Crippen LogP contribution is -2.05. The summed E-state index contributed by atoms with van der Waals surface area (Å²) in [4.78, 5) is 26.0. The van der Waals surface area contributed by atoms with Gasteiger partial charge in [-0.25, -0.2) is 4.99 Å². The van der Waals surface area contributed by atoms with E-state index in [0.717, 1.165) is 6.21 Å². The van der Waals surface area contributed by atoms with Gasteiger partial charge in [-0.1, -0.05) is 24.3 Å². The Bertz CT molecular complexity index is 994. The highest BCUT2D eigenvalue weighted by molar-refractivity contribution is 6.30. The number of alkyl halides is 3. The number of aliphatic imine (C=N–C) groups is 1. The lowest BCUT2D eigenvalue weighted by atomic mass is 10.1. The average Bonchev–Trinajstić information content (AvgIpc) is 2.83. The first-order chi connectivity index (χ1) is 12.2. The fraction of sp³-hybridized carbons (Fsp3) is 0.0588. The van der Waals surface area contributed by atoms with E-state index in [1.165, 1.54) is 12.1 Å². The fourth-order valence-corrected chi connectivity index (χ4v) is 2.50. The number of aliphatic hydroxyl groups is 1. The quantitative estimate of drug-likeness (QED) is 0.495. The molecule has 0 heterocycles. The van der Waals surface area contributed by atoms with Crippen LogP contribution in [0, 0.1) is 10.1 Å². The van der Waals surface area contributed by atoms with E-state index in [2.05, 4.69) is 4.99 Å². The minimum atomic E-state index is -4.71. The van der Waals surface area contributed by atoms with Gasteiger partial charge in [0.25, 0.3) is 5.69 Å². The molecule has 1 aliphatic carbocycles. The number of benzene rings is 2. The Balaban J connectivity index is 2.05. The molecule has 0 amide bonds. The minimum absolute atomic E-state index is 0.213. The molecular formula is C17H9F3N2O4. The van der Waals surface area contributed by atoms with Crippen LogP contribution in [-0.4, -0.2) is 22.0 Å². The van der Waals surface area contributed by atoms with Crippen LogP contribution in [0.15, 0.2) is 53.0 Å². The first-order valence-corrected chi connectivity index (χ1v) is 7.17. The smallest absolute Gasteiger partial charge is 0.416 e. The van der Waals surface area contributed by atoms with Crippen LogP contribution in [0.5, 0.6) is 0 Å². The number of ketones is 1. The van der Waals surface area contributed by atoms with Crippen molar-refractivity contribution in [2.45, 2.75) is 6.18 Å². The van der Waals surface area contributed by atoms with Crippen molar-refractivity contribution < 1.29 is 28.0 Å². The molecule has 0 unspecified atom stereocenters. The molecular weight excluding hydrogens is 353 g/mol. The van der Waals surface area contributed by atoms with Gasteiger partial charge in [-0.05, 0) is 12.1 Å². The van der Waals surface area contributed by atoms with Crippen LogP contribution in [0.2, 0.25) is 0 Å². The second kappa shape index (κ2) is 6.10. The topological polar surface area (TPSA) is 92.8 Å². The Hall–Kier alpha value is -3.49. The van der Waals surface area contributed by atoms with Gasteiger partial charge in [0, 0.05) is 23.4 Å². The van der Waals surface area contributed by atoms with Gasteiger partial charge in [0.1, 0.15) is 11.4 Å². The van der Waals surface area contributed by atoms with Crippen LogP contribution in [0.25, 0.3) is 5.76 Å². The van der Waals surface area contributed by atoms with Gasteiger partial charge in [-0.3, -0.25) is 14.9 Å². The van der Waals surface area contributed by atoms with Crippen molar-refractivity contribution in [3.8, 4) is 0 Å². The largest absolute Gasteiger partial charge is 0.506 e. The normalized spacial score (nSPS) is 14.2. The molecule has 0 bridgehead atoms. The third kappa shape index (κ3) is 2.94. The Morgan fingerprint density at radius 2 is 1.77 bits per heavy atom. The molecule has 0 spiro atoms. The van der Waals surface area contributed by atoms with Crippen molar-refractivity contribution in [2.24, 2.45) is 4.99 Å². The summed E-state index contributed by atoms with van der Waals surface area (Å²) in [5.74, 6) is -0.958. The summed E-state index contributed by atoms with van der Waals surface area (Å²) in [6.45, 7) is 0. The van der Waals surface area contributed by atoms with E-state index in [1.54, 1.807) is 12.1 Å². The minimum Gasteiger partial charge on any atom is -0.506 e. The van der Waals surface area contributed by atoms with Gasteiger partial charge >= 0.3 is 6.18 Å². The maximum atomic E-state index is 12.8. The third-order valence-electron chi connectivity index (χ3n) is 3.76. The number of hydrogen-bond donors (Lipinski definition) is 1. The number of carbonyl (C=O) groups excluding carboxylic acids is 1. The number of nitro groups is 1. The summed E-state index contributed by atoms with van der Waals surface area (Å²) < 4.78 is 38.5. The number of nitrogens with zero attached hydrogens (tertiary/aromatic N) is 2. The fourth-order valence-electron chi connectivity index (χ4n) is 2.50. The predicted octanol–water partition coefficient (Wildman–Crippen LogP) is 4.48. The van der Waals surface area contributed by atoms with E-state index < -0.39 is 33.8 Å². The highest BCUT2D eigenvalue weighted by Gasteiger charge is 2.33. The molecule has 1 N–H and O–H groups in total. The summed E-state index contributed by atoms with van der Waals surface area (Å²) in [6.07, 6.45) is -3.87. The van der Waals surface area contributed by atoms with E-state index in [9.17, 15) is 33.2 Å². The van der Waals surface area contributed by atoms with E-state index in [0.29, 0.717) is 18.2 Å². The van der Waals surface area contributed by atoms with Gasteiger partial charge in [0.2, 0.25) is 0 Å². The Kier molecular flexibility index (Phi) is 4.07. The number of hydrogen-bond acceptors (Lipinski definition) is 5. The number of fused-ring (bicyclic) bond motifs is 1. The van der Waals surface area contributed by atoms with Crippen LogP contribution in [0.4, 0.5) is 24.5 Å². The molecule has 0 atom stereocenters. The molecule has 0 fully saturated rings. The van der Waals surface area contributed by atoms with Gasteiger partial charge < -0.3 is 5.11 Å². The predicted molar refractivity (Wildman–Crippen MR) is 86.6 cm³/mol. The molecule has 9 heteroatoms. The molecule has 0 saturated heterocycles. The molecule has 0 saturated carbocycles. The van der Waals surface area contributed by atoms with Crippen molar-refractivity contribution >= 4 is 29.1 Å². The summed E-state index contributed by atoms with van der Waals surface area (Å²) in [6, 6.07) is 7.93. The SMILES string of the molecule is O=C1C(C=Nc2cc(C(F)(F)F)ccc2[N+](=O)[O-])=C(O)c2ccccc21. The number of rotatable bonds is 3. The zero-order valence-corrected chi connectivity index (χ0v) is 12.8. The second-order valence-corrected chi connectivity index (χ2v) is 5.35. The highest BCUT2D eigenvalue weighted by atomic mass is 19.4. The molecule has 26 heavy (non-hydrogen) atoms. The molecule has 1 aliphatic rings. The molecule has 0 radical (unpaired) electrons. The van der Waals surface area contributed by atoms with Crippen LogP contribution >= 0.6 is 0 Å². The van der Waals surface area contributed by atoms with Crippen LogP contribution in [0.3, 0.4) is 0 Å². The maximum Gasteiger partial charge on any atom is 0.416 e. The van der Waals surface area contributed by atoms with Crippen molar-refractivity contribution in [2.75, 3.05) is 0 Å². The van der Waals surface area contributed by atoms with Gasteiger partial charge in [0.15, 0.2) is 5.78 Å². The zero-order chi connectivity index (χ0) is 19.1. The van der Waals surface area contributed by atoms with Crippen LogP contribution < -0.4 is 0 Å². The van der Waals surface area contributed by atoms with Crippen molar-refractivity contribution in [3.05, 3.63) is 74.8 Å². The molecule has 0 aromatic heterocycles.